The van der Waals surface area contributed by atoms with E-state index < -0.39 is 23.6 Å². The van der Waals surface area contributed by atoms with Gasteiger partial charge >= 0.3 is 11.7 Å². The van der Waals surface area contributed by atoms with Crippen LogP contribution in [-0.2, 0) is 16.1 Å². The number of methoxy groups -OCH3 is 1. The number of hydrogen-bond acceptors (Lipinski definition) is 6. The van der Waals surface area contributed by atoms with Gasteiger partial charge in [0.15, 0.2) is 5.82 Å². The summed E-state index contributed by atoms with van der Waals surface area (Å²) in [5.74, 6) is -1.49. The first-order chi connectivity index (χ1) is 8.95. The standard InChI is InChI=1S/C11H16FN3O4/c1-7-14-19-11(17)15(7)6-8(12)4-3-5-9(13)10(16)18-2/h4,9H,3,5-6,13H2,1-2H3. The topological polar surface area (TPSA) is 100 Å². The number of hydrogen-bond donors (Lipinski definition) is 1. The van der Waals surface area contributed by atoms with Crippen LogP contribution < -0.4 is 11.5 Å². The summed E-state index contributed by atoms with van der Waals surface area (Å²) >= 11 is 0. The molecule has 8 heteroatoms. The third kappa shape index (κ3) is 4.32. The molecule has 0 fully saturated rings. The number of allylic oxidation sites excluding steroid dienone is 2. The summed E-state index contributed by atoms with van der Waals surface area (Å²) in [5, 5.41) is 3.41. The molecule has 1 heterocycles. The van der Waals surface area contributed by atoms with Gasteiger partial charge in [-0.1, -0.05) is 11.2 Å². The Labute approximate surface area is 108 Å². The molecule has 106 valence electrons. The lowest BCUT2D eigenvalue weighted by Gasteiger charge is -2.06. The van der Waals surface area contributed by atoms with Crippen LogP contribution in [0.2, 0.25) is 0 Å². The summed E-state index contributed by atoms with van der Waals surface area (Å²) in [6.45, 7) is 1.28. The third-order valence-corrected chi connectivity index (χ3v) is 2.52. The highest BCUT2D eigenvalue weighted by Crippen LogP contribution is 2.06. The van der Waals surface area contributed by atoms with Crippen molar-refractivity contribution in [3.05, 3.63) is 28.3 Å². The van der Waals surface area contributed by atoms with Crippen molar-refractivity contribution in [2.75, 3.05) is 7.11 Å². The van der Waals surface area contributed by atoms with Gasteiger partial charge in [-0.2, -0.15) is 0 Å². The number of nitrogens with zero attached hydrogens (tertiary/aromatic N) is 2. The van der Waals surface area contributed by atoms with Gasteiger partial charge in [0.25, 0.3) is 0 Å². The van der Waals surface area contributed by atoms with E-state index in [1.165, 1.54) is 20.1 Å². The van der Waals surface area contributed by atoms with Gasteiger partial charge in [0.1, 0.15) is 11.9 Å². The SMILES string of the molecule is COC(=O)C(N)CCC=C(F)Cn1c(C)noc1=O. The molecule has 0 radical (unpaired) electrons. The highest BCUT2D eigenvalue weighted by molar-refractivity contribution is 5.75. The Morgan fingerprint density at radius 1 is 1.68 bits per heavy atom. The quantitative estimate of drug-likeness (QED) is 0.747. The van der Waals surface area contributed by atoms with Crippen molar-refractivity contribution in [1.29, 1.82) is 0 Å². The zero-order valence-electron chi connectivity index (χ0n) is 10.8. The molecule has 0 saturated carbocycles. The maximum absolute atomic E-state index is 13.5. The summed E-state index contributed by atoms with van der Waals surface area (Å²) in [6, 6.07) is -0.783. The molecular weight excluding hydrogens is 257 g/mol. The zero-order chi connectivity index (χ0) is 14.4. The van der Waals surface area contributed by atoms with E-state index in [1.807, 2.05) is 0 Å². The Bertz CT molecular complexity index is 520. The van der Waals surface area contributed by atoms with Crippen LogP contribution in [0.15, 0.2) is 21.2 Å². The van der Waals surface area contributed by atoms with Crippen molar-refractivity contribution in [2.24, 2.45) is 5.73 Å². The highest BCUT2D eigenvalue weighted by Gasteiger charge is 2.13. The molecule has 0 bridgehead atoms. The molecule has 0 aromatic carbocycles. The van der Waals surface area contributed by atoms with Crippen LogP contribution >= 0.6 is 0 Å². The molecule has 1 aromatic rings. The Morgan fingerprint density at radius 3 is 2.89 bits per heavy atom. The maximum Gasteiger partial charge on any atom is 0.441 e. The predicted octanol–water partition coefficient (Wildman–Crippen LogP) is 0.279. The summed E-state index contributed by atoms with van der Waals surface area (Å²) in [7, 11) is 1.24. The van der Waals surface area contributed by atoms with Crippen LogP contribution in [0.1, 0.15) is 18.7 Å². The van der Waals surface area contributed by atoms with Gasteiger partial charge in [-0.3, -0.25) is 13.9 Å². The van der Waals surface area contributed by atoms with E-state index in [0.29, 0.717) is 5.82 Å². The van der Waals surface area contributed by atoms with Gasteiger partial charge in [-0.25, -0.2) is 9.18 Å². The molecule has 1 rings (SSSR count). The average molecular weight is 273 g/mol. The number of aryl methyl sites for hydroxylation is 1. The zero-order valence-corrected chi connectivity index (χ0v) is 10.8. The van der Waals surface area contributed by atoms with Gasteiger partial charge in [0, 0.05) is 0 Å². The number of carbonyl (C=O) groups excluding carboxylic acids is 1. The van der Waals surface area contributed by atoms with Crippen LogP contribution in [0.3, 0.4) is 0 Å². The van der Waals surface area contributed by atoms with Gasteiger partial charge in [-0.15, -0.1) is 0 Å². The molecule has 0 spiro atoms. The van der Waals surface area contributed by atoms with Crippen molar-refractivity contribution in [2.45, 2.75) is 32.4 Å². The van der Waals surface area contributed by atoms with Gasteiger partial charge in [-0.05, 0) is 19.8 Å². The van der Waals surface area contributed by atoms with Crippen LogP contribution in [0.5, 0.6) is 0 Å². The number of nitrogens with two attached hydrogens (primary N) is 1. The minimum atomic E-state index is -0.783. The molecule has 7 nitrogen and oxygen atoms in total. The maximum atomic E-state index is 13.5. The van der Waals surface area contributed by atoms with Crippen LogP contribution in [0.25, 0.3) is 0 Å². The predicted molar refractivity (Wildman–Crippen MR) is 63.9 cm³/mol. The fourth-order valence-electron chi connectivity index (χ4n) is 1.42. The van der Waals surface area contributed by atoms with E-state index in [2.05, 4.69) is 14.4 Å². The molecule has 1 atom stereocenters. The summed E-state index contributed by atoms with van der Waals surface area (Å²) in [5.41, 5.74) is 5.49. The number of ether oxygens (including phenoxy) is 1. The number of rotatable bonds is 6. The normalized spacial score (nSPS) is 13.4. The second-order valence-electron chi connectivity index (χ2n) is 3.94. The van der Waals surface area contributed by atoms with E-state index in [9.17, 15) is 14.0 Å². The molecule has 0 aliphatic heterocycles. The fourth-order valence-corrected chi connectivity index (χ4v) is 1.42. The molecule has 1 unspecified atom stereocenters. The molecular formula is C11H16FN3O4. The Kier molecular flexibility index (Phi) is 5.43. The first kappa shape index (κ1) is 15.1. The number of carbonyl (C=O) groups is 1. The van der Waals surface area contributed by atoms with Crippen molar-refractivity contribution in [3.63, 3.8) is 0 Å². The van der Waals surface area contributed by atoms with Crippen molar-refractivity contribution in [1.82, 2.24) is 9.72 Å². The second-order valence-corrected chi connectivity index (χ2v) is 3.94. The molecule has 0 saturated heterocycles. The van der Waals surface area contributed by atoms with Crippen molar-refractivity contribution in [3.8, 4) is 0 Å². The minimum absolute atomic E-state index is 0.248. The fraction of sp³-hybridized carbons (Fsp3) is 0.545. The van der Waals surface area contributed by atoms with E-state index in [1.54, 1.807) is 0 Å². The lowest BCUT2D eigenvalue weighted by Crippen LogP contribution is -2.31. The lowest BCUT2D eigenvalue weighted by molar-refractivity contribution is -0.142. The van der Waals surface area contributed by atoms with Gasteiger partial charge in [0.05, 0.1) is 13.7 Å². The summed E-state index contributed by atoms with van der Waals surface area (Å²) in [6.07, 6.45) is 1.79. The molecule has 1 aromatic heterocycles. The average Bonchev–Trinajstić information content (AvgIpc) is 2.69. The Hall–Kier alpha value is -1.96. The Balaban J connectivity index is 2.50. The van der Waals surface area contributed by atoms with E-state index in [0.717, 1.165) is 4.57 Å². The first-order valence-corrected chi connectivity index (χ1v) is 5.66. The smallest absolute Gasteiger partial charge is 0.441 e. The minimum Gasteiger partial charge on any atom is -0.468 e. The largest absolute Gasteiger partial charge is 0.468 e. The monoisotopic (exact) mass is 273 g/mol. The lowest BCUT2D eigenvalue weighted by atomic mass is 10.1. The molecule has 0 aliphatic carbocycles. The molecule has 0 amide bonds. The number of aromatic nitrogens is 2. The first-order valence-electron chi connectivity index (χ1n) is 5.66. The van der Waals surface area contributed by atoms with Crippen LogP contribution in [0, 0.1) is 6.92 Å². The van der Waals surface area contributed by atoms with E-state index >= 15 is 0 Å². The van der Waals surface area contributed by atoms with Crippen LogP contribution in [0.4, 0.5) is 4.39 Å². The van der Waals surface area contributed by atoms with E-state index in [4.69, 9.17) is 5.73 Å². The van der Waals surface area contributed by atoms with Crippen molar-refractivity contribution < 1.29 is 18.4 Å². The summed E-state index contributed by atoms with van der Waals surface area (Å²) < 4.78 is 23.4. The Morgan fingerprint density at radius 2 is 2.37 bits per heavy atom. The van der Waals surface area contributed by atoms with Crippen LogP contribution in [-0.4, -0.2) is 28.8 Å². The number of halogens is 1. The molecule has 0 aliphatic rings. The van der Waals surface area contributed by atoms with Gasteiger partial charge in [0.2, 0.25) is 0 Å². The molecule has 19 heavy (non-hydrogen) atoms. The number of esters is 1. The van der Waals surface area contributed by atoms with Gasteiger partial charge < -0.3 is 10.5 Å². The third-order valence-electron chi connectivity index (χ3n) is 2.52. The summed E-state index contributed by atoms with van der Waals surface area (Å²) in [4.78, 5) is 22.1. The van der Waals surface area contributed by atoms with Crippen molar-refractivity contribution >= 4 is 5.97 Å². The highest BCUT2D eigenvalue weighted by atomic mass is 19.1. The van der Waals surface area contributed by atoms with E-state index in [-0.39, 0.29) is 19.4 Å². The molecule has 2 N–H and O–H groups in total. The second kappa shape index (κ2) is 6.83.